The van der Waals surface area contributed by atoms with E-state index < -0.39 is 15.8 Å². The highest BCUT2D eigenvalue weighted by atomic mass is 32.2. The molecular weight excluding hydrogens is 382 g/mol. The van der Waals surface area contributed by atoms with Crippen LogP contribution in [0.15, 0.2) is 38.4 Å². The van der Waals surface area contributed by atoms with E-state index in [4.69, 9.17) is 4.42 Å². The molecule has 0 aliphatic carbocycles. The van der Waals surface area contributed by atoms with Gasteiger partial charge in [0.1, 0.15) is 11.6 Å². The molecule has 0 unspecified atom stereocenters. The topological polar surface area (TPSA) is 110 Å². The van der Waals surface area contributed by atoms with Crippen LogP contribution in [0.3, 0.4) is 0 Å². The summed E-state index contributed by atoms with van der Waals surface area (Å²) < 4.78 is 34.2. The first-order chi connectivity index (χ1) is 13.3. The molecule has 1 N–H and O–H groups in total. The van der Waals surface area contributed by atoms with Gasteiger partial charge >= 0.3 is 5.76 Å². The molecule has 1 aliphatic rings. The molecular formula is C18H21N5O4S. The fraction of sp³-hybridized carbons (Fsp3) is 0.389. The highest BCUT2D eigenvalue weighted by Gasteiger charge is 2.19. The second-order valence-electron chi connectivity index (χ2n) is 6.86. The Hall–Kier alpha value is -2.72. The summed E-state index contributed by atoms with van der Waals surface area (Å²) in [6.45, 7) is 3.75. The average molecular weight is 403 g/mol. The van der Waals surface area contributed by atoms with Crippen molar-refractivity contribution in [3.63, 3.8) is 0 Å². The Balaban J connectivity index is 1.57. The Morgan fingerprint density at radius 1 is 1.18 bits per heavy atom. The summed E-state index contributed by atoms with van der Waals surface area (Å²) in [7, 11) is -2.28. The van der Waals surface area contributed by atoms with E-state index in [1.54, 1.807) is 0 Å². The second-order valence-corrected chi connectivity index (χ2v) is 8.63. The number of fused-ring (bicyclic) bond motifs is 1. The van der Waals surface area contributed by atoms with E-state index >= 15 is 0 Å². The van der Waals surface area contributed by atoms with Gasteiger partial charge in [-0.1, -0.05) is 0 Å². The standard InChI is InChI=1S/C18H21N5O4S/c1-12-9-17(23-7-3-4-8-23)21-16(20-12)11-19-28(25,26)13-5-6-15-14(10-13)22(2)18(24)27-15/h5-6,9-10,19H,3-4,7-8,11H2,1-2H3. The van der Waals surface area contributed by atoms with Crippen molar-refractivity contribution >= 4 is 26.9 Å². The van der Waals surface area contributed by atoms with Gasteiger partial charge < -0.3 is 9.32 Å². The van der Waals surface area contributed by atoms with E-state index in [0.29, 0.717) is 16.9 Å². The monoisotopic (exact) mass is 403 g/mol. The van der Waals surface area contributed by atoms with Gasteiger partial charge in [0.2, 0.25) is 10.0 Å². The number of rotatable bonds is 5. The molecule has 1 fully saturated rings. The number of anilines is 1. The summed E-state index contributed by atoms with van der Waals surface area (Å²) in [5.74, 6) is 0.705. The highest BCUT2D eigenvalue weighted by Crippen LogP contribution is 2.20. The first-order valence-electron chi connectivity index (χ1n) is 9.02. The van der Waals surface area contributed by atoms with E-state index in [2.05, 4.69) is 19.6 Å². The van der Waals surface area contributed by atoms with Crippen molar-refractivity contribution in [1.82, 2.24) is 19.3 Å². The number of aryl methyl sites for hydroxylation is 2. The minimum Gasteiger partial charge on any atom is -0.408 e. The van der Waals surface area contributed by atoms with Crippen LogP contribution in [0, 0.1) is 6.92 Å². The maximum absolute atomic E-state index is 12.7. The van der Waals surface area contributed by atoms with Gasteiger partial charge in [0, 0.05) is 31.9 Å². The van der Waals surface area contributed by atoms with Crippen molar-refractivity contribution in [3.05, 3.63) is 46.3 Å². The van der Waals surface area contributed by atoms with Crippen molar-refractivity contribution < 1.29 is 12.8 Å². The molecule has 4 rings (SSSR count). The predicted molar refractivity (Wildman–Crippen MR) is 104 cm³/mol. The minimum absolute atomic E-state index is 0.0206. The number of aromatic nitrogens is 3. The SMILES string of the molecule is Cc1cc(N2CCCC2)nc(CNS(=O)(=O)c2ccc3oc(=O)n(C)c3c2)n1. The van der Waals surface area contributed by atoms with Gasteiger partial charge in [-0.2, -0.15) is 0 Å². The fourth-order valence-corrected chi connectivity index (χ4v) is 4.32. The Kier molecular flexibility index (Phi) is 4.68. The number of oxazole rings is 1. The Bertz CT molecular complexity index is 1190. The van der Waals surface area contributed by atoms with Gasteiger partial charge in [0.15, 0.2) is 5.58 Å². The molecule has 0 amide bonds. The molecule has 0 saturated carbocycles. The van der Waals surface area contributed by atoms with Crippen LogP contribution in [0.5, 0.6) is 0 Å². The number of nitrogens with one attached hydrogen (secondary N) is 1. The van der Waals surface area contributed by atoms with Gasteiger partial charge in [-0.25, -0.2) is 27.9 Å². The number of hydrogen-bond acceptors (Lipinski definition) is 7. The minimum atomic E-state index is -3.80. The lowest BCUT2D eigenvalue weighted by Crippen LogP contribution is -2.26. The zero-order chi connectivity index (χ0) is 19.9. The zero-order valence-corrected chi connectivity index (χ0v) is 16.5. The molecule has 2 aromatic heterocycles. The summed E-state index contributed by atoms with van der Waals surface area (Å²) in [6.07, 6.45) is 2.26. The van der Waals surface area contributed by atoms with Crippen LogP contribution in [0.1, 0.15) is 24.4 Å². The van der Waals surface area contributed by atoms with Crippen LogP contribution in [-0.4, -0.2) is 36.0 Å². The Labute approximate surface area is 162 Å². The predicted octanol–water partition coefficient (Wildman–Crippen LogP) is 1.31. The fourth-order valence-electron chi connectivity index (χ4n) is 3.32. The van der Waals surface area contributed by atoms with Gasteiger partial charge in [0.25, 0.3) is 0 Å². The van der Waals surface area contributed by atoms with E-state index in [9.17, 15) is 13.2 Å². The second kappa shape index (κ2) is 7.02. The molecule has 1 saturated heterocycles. The smallest absolute Gasteiger partial charge is 0.408 e. The molecule has 10 heteroatoms. The lowest BCUT2D eigenvalue weighted by Gasteiger charge is -2.17. The van der Waals surface area contributed by atoms with Crippen molar-refractivity contribution in [1.29, 1.82) is 0 Å². The van der Waals surface area contributed by atoms with Crippen molar-refractivity contribution in [2.75, 3.05) is 18.0 Å². The molecule has 28 heavy (non-hydrogen) atoms. The normalized spacial score (nSPS) is 14.9. The summed E-state index contributed by atoms with van der Waals surface area (Å²) >= 11 is 0. The number of sulfonamides is 1. The molecule has 148 valence electrons. The van der Waals surface area contributed by atoms with Crippen LogP contribution >= 0.6 is 0 Å². The third-order valence-corrected chi connectivity index (χ3v) is 6.21. The molecule has 3 heterocycles. The summed E-state index contributed by atoms with van der Waals surface area (Å²) in [5, 5.41) is 0. The quantitative estimate of drug-likeness (QED) is 0.684. The van der Waals surface area contributed by atoms with Crippen LogP contribution in [0.2, 0.25) is 0 Å². The first kappa shape index (κ1) is 18.6. The Morgan fingerprint density at radius 2 is 1.93 bits per heavy atom. The highest BCUT2D eigenvalue weighted by molar-refractivity contribution is 7.89. The maximum Gasteiger partial charge on any atom is 0.419 e. The van der Waals surface area contributed by atoms with E-state index in [1.165, 1.54) is 29.8 Å². The molecule has 0 radical (unpaired) electrons. The molecule has 9 nitrogen and oxygen atoms in total. The third-order valence-electron chi connectivity index (χ3n) is 4.81. The van der Waals surface area contributed by atoms with Crippen molar-refractivity contribution in [2.24, 2.45) is 7.05 Å². The van der Waals surface area contributed by atoms with Gasteiger partial charge in [-0.3, -0.25) is 4.57 Å². The van der Waals surface area contributed by atoms with E-state index in [-0.39, 0.29) is 11.4 Å². The Morgan fingerprint density at radius 3 is 2.68 bits per heavy atom. The first-order valence-corrected chi connectivity index (χ1v) is 10.5. The van der Waals surface area contributed by atoms with E-state index in [1.807, 2.05) is 13.0 Å². The van der Waals surface area contributed by atoms with Crippen LogP contribution in [-0.2, 0) is 23.6 Å². The van der Waals surface area contributed by atoms with Crippen LogP contribution in [0.4, 0.5) is 5.82 Å². The van der Waals surface area contributed by atoms with Crippen LogP contribution in [0.25, 0.3) is 11.1 Å². The summed E-state index contributed by atoms with van der Waals surface area (Å²) in [6, 6.07) is 6.20. The van der Waals surface area contributed by atoms with Crippen LogP contribution < -0.4 is 15.4 Å². The summed E-state index contributed by atoms with van der Waals surface area (Å²) in [4.78, 5) is 22.7. The maximum atomic E-state index is 12.7. The van der Waals surface area contributed by atoms with E-state index in [0.717, 1.165) is 37.4 Å². The lowest BCUT2D eigenvalue weighted by molar-refractivity contribution is 0.528. The lowest BCUT2D eigenvalue weighted by atomic mass is 10.3. The zero-order valence-electron chi connectivity index (χ0n) is 15.7. The van der Waals surface area contributed by atoms with Gasteiger partial charge in [0.05, 0.1) is 17.0 Å². The number of benzene rings is 1. The largest absolute Gasteiger partial charge is 0.419 e. The average Bonchev–Trinajstić information content (AvgIpc) is 3.29. The molecule has 1 aromatic carbocycles. The van der Waals surface area contributed by atoms with Crippen molar-refractivity contribution in [2.45, 2.75) is 31.2 Å². The molecule has 0 spiro atoms. The number of nitrogens with zero attached hydrogens (tertiary/aromatic N) is 4. The summed E-state index contributed by atoms with van der Waals surface area (Å²) in [5.41, 5.74) is 1.54. The number of hydrogen-bond donors (Lipinski definition) is 1. The van der Waals surface area contributed by atoms with Crippen molar-refractivity contribution in [3.8, 4) is 0 Å². The molecule has 1 aliphatic heterocycles. The molecule has 0 bridgehead atoms. The van der Waals surface area contributed by atoms with Gasteiger partial charge in [-0.05, 0) is 38.0 Å². The third kappa shape index (κ3) is 3.52. The van der Waals surface area contributed by atoms with Gasteiger partial charge in [-0.15, -0.1) is 0 Å². The molecule has 0 atom stereocenters. The molecule has 3 aromatic rings.